The van der Waals surface area contributed by atoms with Crippen molar-refractivity contribution in [2.75, 3.05) is 0 Å². The van der Waals surface area contributed by atoms with Crippen LogP contribution in [0.25, 0.3) is 0 Å². The minimum absolute atomic E-state index is 0. The molecule has 0 bridgehead atoms. The molecule has 0 amide bonds. The first kappa shape index (κ1) is 16.1. The van der Waals surface area contributed by atoms with Crippen molar-refractivity contribution in [3.63, 3.8) is 0 Å². The van der Waals surface area contributed by atoms with Crippen LogP contribution in [0.15, 0.2) is 0 Å². The van der Waals surface area contributed by atoms with Crippen LogP contribution in [0.4, 0.5) is 0 Å². The van der Waals surface area contributed by atoms with E-state index < -0.39 is 0 Å². The Labute approximate surface area is 74.4 Å². The molecule has 0 saturated heterocycles. The van der Waals surface area contributed by atoms with Gasteiger partial charge >= 0.3 is 0 Å². The Kier molecular flexibility index (Phi) is 57.7. The number of thiocyanates is 1. The maximum absolute atomic E-state index is 7.13. The van der Waals surface area contributed by atoms with Crippen LogP contribution < -0.4 is 0 Å². The molecule has 0 fully saturated rings. The SMILES string of the molecule is N#C[S-].[Hf].[Zr]. The van der Waals surface area contributed by atoms with E-state index in [0.29, 0.717) is 0 Å². The fourth-order valence-electron chi connectivity index (χ4n) is 0. The van der Waals surface area contributed by atoms with Crippen LogP contribution in [0.5, 0.6) is 0 Å². The molecular weight excluding hydrogens is 328 g/mol. The summed E-state index contributed by atoms with van der Waals surface area (Å²) in [6, 6.07) is 0. The van der Waals surface area contributed by atoms with Crippen molar-refractivity contribution < 1.29 is 52.0 Å². The molecule has 1 nitrogen and oxygen atoms in total. The third kappa shape index (κ3) is 30.6. The molecule has 0 rings (SSSR count). The molecule has 0 aliphatic heterocycles. The van der Waals surface area contributed by atoms with E-state index in [1.807, 2.05) is 0 Å². The van der Waals surface area contributed by atoms with Crippen LogP contribution >= 0.6 is 0 Å². The van der Waals surface area contributed by atoms with Gasteiger partial charge in [-0.05, 0) is 0 Å². The molecule has 0 saturated carbocycles. The van der Waals surface area contributed by atoms with Crippen LogP contribution in [-0.4, -0.2) is 0 Å². The van der Waals surface area contributed by atoms with E-state index >= 15 is 0 Å². The number of rotatable bonds is 0. The van der Waals surface area contributed by atoms with Crippen molar-refractivity contribution >= 4 is 12.6 Å². The average molecular weight is 328 g/mol. The van der Waals surface area contributed by atoms with E-state index in [9.17, 15) is 0 Å². The molecule has 0 N–H and O–H groups in total. The Hall–Kier alpha value is 1.46. The summed E-state index contributed by atoms with van der Waals surface area (Å²) in [6.45, 7) is 0. The molecule has 0 aromatic heterocycles. The summed E-state index contributed by atoms with van der Waals surface area (Å²) in [5.74, 6) is 0. The molecule has 0 aromatic rings. The Balaban J connectivity index is -0.0000000200. The van der Waals surface area contributed by atoms with Crippen molar-refractivity contribution in [3.05, 3.63) is 0 Å². The predicted molar refractivity (Wildman–Crippen MR) is 13.0 cm³/mol. The quantitative estimate of drug-likeness (QED) is 0.355. The van der Waals surface area contributed by atoms with Crippen molar-refractivity contribution in [1.29, 1.82) is 5.26 Å². The van der Waals surface area contributed by atoms with Crippen LogP contribution in [0.1, 0.15) is 0 Å². The molecule has 24 valence electrons. The fourth-order valence-corrected chi connectivity index (χ4v) is 0. The van der Waals surface area contributed by atoms with Gasteiger partial charge in [-0.2, -0.15) is 0 Å². The zero-order chi connectivity index (χ0) is 2.71. The molecule has 4 heteroatoms. The van der Waals surface area contributed by atoms with Gasteiger partial charge in [0.25, 0.3) is 0 Å². The number of hydrogen-bond donors (Lipinski definition) is 0. The van der Waals surface area contributed by atoms with Crippen LogP contribution in [0.2, 0.25) is 0 Å². The maximum atomic E-state index is 7.13. The van der Waals surface area contributed by atoms with Gasteiger partial charge in [-0.3, -0.25) is 0 Å². The second-order valence-corrected chi connectivity index (χ2v) is 0.274. The molecule has 0 aliphatic carbocycles. The summed E-state index contributed by atoms with van der Waals surface area (Å²) in [7, 11) is 0. The molecule has 0 unspecified atom stereocenters. The summed E-state index contributed by atoms with van der Waals surface area (Å²) in [5, 5.41) is 8.47. The van der Waals surface area contributed by atoms with Gasteiger partial charge in [-0.25, -0.2) is 5.26 Å². The van der Waals surface area contributed by atoms with Crippen LogP contribution in [0.3, 0.4) is 0 Å². The largest absolute Gasteiger partial charge is 0.696 e. The molecule has 0 spiro atoms. The third-order valence-corrected chi connectivity index (χ3v) is 0. The van der Waals surface area contributed by atoms with E-state index in [1.165, 1.54) is 5.40 Å². The molecule has 0 aromatic carbocycles. The Morgan fingerprint density at radius 2 is 1.60 bits per heavy atom. The van der Waals surface area contributed by atoms with Gasteiger partial charge in [-0.1, -0.05) is 5.40 Å². The van der Waals surface area contributed by atoms with Gasteiger partial charge in [0.05, 0.1) is 0 Å². The molecule has 0 heterocycles. The standard InChI is InChI=1S/CHNS.Hf.Zr/c2-1-3;;/h3H;;/p-1. The second-order valence-electron chi connectivity index (χ2n) is 0.0913. The van der Waals surface area contributed by atoms with Crippen molar-refractivity contribution in [2.45, 2.75) is 0 Å². The number of nitriles is 1. The second kappa shape index (κ2) is 17.9. The van der Waals surface area contributed by atoms with Gasteiger partial charge in [0.1, 0.15) is 0 Å². The van der Waals surface area contributed by atoms with E-state index in [2.05, 4.69) is 12.6 Å². The summed E-state index contributed by atoms with van der Waals surface area (Å²) in [5.41, 5.74) is 0. The molecule has 0 radical (unpaired) electrons. The monoisotopic (exact) mass is 328 g/mol. The summed E-state index contributed by atoms with van der Waals surface area (Å²) in [4.78, 5) is 0. The van der Waals surface area contributed by atoms with E-state index in [1.54, 1.807) is 0 Å². The first-order valence-corrected chi connectivity index (χ1v) is 0.836. The number of hydrogen-bond acceptors (Lipinski definition) is 2. The van der Waals surface area contributed by atoms with Gasteiger partial charge in [0, 0.05) is 52.0 Å². The summed E-state index contributed by atoms with van der Waals surface area (Å²) < 4.78 is 0. The fraction of sp³-hybridized carbons (Fsp3) is 0. The van der Waals surface area contributed by atoms with Gasteiger partial charge in [0.15, 0.2) is 0 Å². The normalized spacial score (nSPS) is 1.40. The molecule has 5 heavy (non-hydrogen) atoms. The van der Waals surface area contributed by atoms with Crippen molar-refractivity contribution in [3.8, 4) is 5.40 Å². The van der Waals surface area contributed by atoms with E-state index in [0.717, 1.165) is 0 Å². The molecule has 0 aliphatic rings. The maximum Gasteiger partial charge on any atom is 0 e. The zero-order valence-electron chi connectivity index (χ0n) is 2.36. The topological polar surface area (TPSA) is 23.8 Å². The first-order valence-electron chi connectivity index (χ1n) is 0.428. The first-order chi connectivity index (χ1) is 1.41. The Bertz CT molecular complexity index is 33.1. The third-order valence-electron chi connectivity index (χ3n) is 0. The number of nitrogens with zero attached hydrogens (tertiary/aromatic N) is 1. The zero-order valence-corrected chi connectivity index (χ0v) is 9.22. The summed E-state index contributed by atoms with van der Waals surface area (Å²) >= 11 is 3.70. The van der Waals surface area contributed by atoms with Gasteiger partial charge < -0.3 is 12.6 Å². The smallest absolute Gasteiger partial charge is 0 e. The van der Waals surface area contributed by atoms with Gasteiger partial charge in [-0.15, -0.1) is 0 Å². The Morgan fingerprint density at radius 1 is 1.60 bits per heavy atom. The molecule has 0 atom stereocenters. The minimum Gasteiger partial charge on any atom is -0.696 e. The Morgan fingerprint density at radius 3 is 1.60 bits per heavy atom. The van der Waals surface area contributed by atoms with Crippen molar-refractivity contribution in [1.82, 2.24) is 0 Å². The summed E-state index contributed by atoms with van der Waals surface area (Å²) in [6.07, 6.45) is 0. The van der Waals surface area contributed by atoms with E-state index in [-0.39, 0.29) is 52.0 Å². The average Bonchev–Trinajstić information content (AvgIpc) is 0.918. The molecular formula is CHfNSZr-. The minimum atomic E-state index is 0. The van der Waals surface area contributed by atoms with Crippen molar-refractivity contribution in [2.24, 2.45) is 0 Å². The van der Waals surface area contributed by atoms with Crippen LogP contribution in [-0.2, 0) is 64.7 Å². The van der Waals surface area contributed by atoms with Crippen LogP contribution in [0, 0.1) is 10.7 Å². The van der Waals surface area contributed by atoms with Gasteiger partial charge in [0.2, 0.25) is 0 Å². The predicted octanol–water partition coefficient (Wildman–Crippen LogP) is 0.00938. The van der Waals surface area contributed by atoms with E-state index in [4.69, 9.17) is 5.26 Å².